The first-order chi connectivity index (χ1) is 12.6. The van der Waals surface area contributed by atoms with Crippen LogP contribution in [0.1, 0.15) is 40.1 Å². The summed E-state index contributed by atoms with van der Waals surface area (Å²) in [6.45, 7) is 0. The highest BCUT2D eigenvalue weighted by atomic mass is 32.1. The minimum Gasteiger partial charge on any atom is -0.497 e. The molecule has 0 amide bonds. The summed E-state index contributed by atoms with van der Waals surface area (Å²) >= 11 is 7.04. The average Bonchev–Trinajstić information content (AvgIpc) is 2.81. The van der Waals surface area contributed by atoms with E-state index in [-0.39, 0.29) is 5.97 Å². The minimum atomic E-state index is -0.309. The van der Waals surface area contributed by atoms with Crippen molar-refractivity contribution in [2.75, 3.05) is 24.9 Å². The summed E-state index contributed by atoms with van der Waals surface area (Å²) in [6, 6.07) is 7.52. The lowest BCUT2D eigenvalue weighted by Gasteiger charge is -2.12. The average molecular weight is 391 g/mol. The molecule has 0 saturated carbocycles. The van der Waals surface area contributed by atoms with Gasteiger partial charge in [0.05, 0.1) is 19.8 Å². The van der Waals surface area contributed by atoms with E-state index in [0.717, 1.165) is 47.7 Å². The molecule has 5 nitrogen and oxygen atoms in total. The van der Waals surface area contributed by atoms with Crippen LogP contribution in [0.4, 0.5) is 10.7 Å². The van der Waals surface area contributed by atoms with Crippen molar-refractivity contribution in [3.05, 3.63) is 40.3 Å². The fraction of sp³-hybridized carbons (Fsp3) is 0.368. The van der Waals surface area contributed by atoms with Gasteiger partial charge in [-0.25, -0.2) is 4.79 Å². The van der Waals surface area contributed by atoms with Gasteiger partial charge in [-0.15, -0.1) is 11.3 Å². The number of anilines is 2. The Morgan fingerprint density at radius 2 is 1.96 bits per heavy atom. The molecule has 1 aromatic carbocycles. The fourth-order valence-electron chi connectivity index (χ4n) is 3.12. The second-order valence-electron chi connectivity index (χ2n) is 6.07. The zero-order valence-electron chi connectivity index (χ0n) is 14.9. The number of rotatable bonds is 4. The summed E-state index contributed by atoms with van der Waals surface area (Å²) in [6.07, 6.45) is 5.36. The first kappa shape index (κ1) is 18.7. The maximum absolute atomic E-state index is 12.4. The summed E-state index contributed by atoms with van der Waals surface area (Å²) in [5.41, 5.74) is 2.56. The Labute approximate surface area is 162 Å². The summed E-state index contributed by atoms with van der Waals surface area (Å²) < 4.78 is 10.2. The van der Waals surface area contributed by atoms with Gasteiger partial charge in [-0.1, -0.05) is 12.5 Å². The second kappa shape index (κ2) is 8.51. The van der Waals surface area contributed by atoms with Gasteiger partial charge in [0.15, 0.2) is 5.11 Å². The summed E-state index contributed by atoms with van der Waals surface area (Å²) in [5.74, 6) is 0.437. The van der Waals surface area contributed by atoms with Gasteiger partial charge in [0, 0.05) is 16.6 Å². The van der Waals surface area contributed by atoms with Crippen LogP contribution in [0.5, 0.6) is 5.75 Å². The maximum Gasteiger partial charge on any atom is 0.341 e. The SMILES string of the molecule is COC(=O)c1c(NC(=S)Nc2cccc(OC)c2)sc2c1CCCCC2. The first-order valence-corrected chi connectivity index (χ1v) is 9.79. The molecule has 0 fully saturated rings. The number of carbonyl (C=O) groups is 1. The maximum atomic E-state index is 12.4. The number of benzene rings is 1. The quantitative estimate of drug-likeness (QED) is 0.451. The number of fused-ring (bicyclic) bond motifs is 1. The molecule has 0 aliphatic heterocycles. The van der Waals surface area contributed by atoms with Crippen molar-refractivity contribution in [1.82, 2.24) is 0 Å². The van der Waals surface area contributed by atoms with Crippen molar-refractivity contribution in [2.45, 2.75) is 32.1 Å². The van der Waals surface area contributed by atoms with Gasteiger partial charge in [0.1, 0.15) is 10.8 Å². The topological polar surface area (TPSA) is 59.6 Å². The third kappa shape index (κ3) is 4.16. The van der Waals surface area contributed by atoms with E-state index in [1.807, 2.05) is 24.3 Å². The second-order valence-corrected chi connectivity index (χ2v) is 7.58. The van der Waals surface area contributed by atoms with E-state index in [1.165, 1.54) is 18.4 Å². The Morgan fingerprint density at radius 1 is 1.15 bits per heavy atom. The van der Waals surface area contributed by atoms with Crippen LogP contribution in [0.15, 0.2) is 24.3 Å². The predicted octanol–water partition coefficient (Wildman–Crippen LogP) is 4.62. The highest BCUT2D eigenvalue weighted by Crippen LogP contribution is 2.38. The van der Waals surface area contributed by atoms with Crippen molar-refractivity contribution >= 4 is 45.3 Å². The van der Waals surface area contributed by atoms with Crippen molar-refractivity contribution in [2.24, 2.45) is 0 Å². The first-order valence-electron chi connectivity index (χ1n) is 8.57. The molecule has 0 bridgehead atoms. The van der Waals surface area contributed by atoms with Crippen LogP contribution in [0, 0.1) is 0 Å². The number of esters is 1. The van der Waals surface area contributed by atoms with E-state index in [2.05, 4.69) is 10.6 Å². The number of nitrogens with one attached hydrogen (secondary N) is 2. The molecule has 0 unspecified atom stereocenters. The Hall–Kier alpha value is -2.12. The predicted molar refractivity (Wildman–Crippen MR) is 110 cm³/mol. The van der Waals surface area contributed by atoms with Crippen LogP contribution < -0.4 is 15.4 Å². The number of thiophene rings is 1. The largest absolute Gasteiger partial charge is 0.497 e. The molecular weight excluding hydrogens is 368 g/mol. The molecule has 0 atom stereocenters. The van der Waals surface area contributed by atoms with Gasteiger partial charge in [-0.2, -0.15) is 0 Å². The Morgan fingerprint density at radius 3 is 2.73 bits per heavy atom. The summed E-state index contributed by atoms with van der Waals surface area (Å²) in [5, 5.41) is 7.51. The molecule has 0 spiro atoms. The van der Waals surface area contributed by atoms with E-state index in [9.17, 15) is 4.79 Å². The lowest BCUT2D eigenvalue weighted by molar-refractivity contribution is 0.0601. The monoisotopic (exact) mass is 390 g/mol. The van der Waals surface area contributed by atoms with Crippen LogP contribution in [-0.2, 0) is 17.6 Å². The van der Waals surface area contributed by atoms with Gasteiger partial charge in [0.2, 0.25) is 0 Å². The molecule has 2 N–H and O–H groups in total. The molecule has 26 heavy (non-hydrogen) atoms. The standard InChI is InChI=1S/C19H22N2O3S2/c1-23-13-8-6-7-12(11-13)20-19(25)21-17-16(18(22)24-2)14-9-4-3-5-10-15(14)26-17/h6-8,11H,3-5,9-10H2,1-2H3,(H2,20,21,25). The number of hydrogen-bond donors (Lipinski definition) is 2. The molecule has 1 aliphatic rings. The van der Waals surface area contributed by atoms with Crippen LogP contribution in [0.25, 0.3) is 0 Å². The molecule has 0 radical (unpaired) electrons. The summed E-state index contributed by atoms with van der Waals surface area (Å²) in [4.78, 5) is 13.6. The van der Waals surface area contributed by atoms with Gasteiger partial charge >= 0.3 is 5.97 Å². The molecular formula is C19H22N2O3S2. The molecule has 2 aromatic rings. The van der Waals surface area contributed by atoms with Crippen molar-refractivity contribution in [1.29, 1.82) is 0 Å². The molecule has 0 saturated heterocycles. The molecule has 3 rings (SSSR count). The number of methoxy groups -OCH3 is 2. The van der Waals surface area contributed by atoms with Crippen molar-refractivity contribution in [3.63, 3.8) is 0 Å². The molecule has 1 aromatic heterocycles. The number of aryl methyl sites for hydroxylation is 1. The number of carbonyl (C=O) groups excluding carboxylic acids is 1. The van der Waals surface area contributed by atoms with Gasteiger partial charge < -0.3 is 20.1 Å². The smallest absolute Gasteiger partial charge is 0.341 e. The molecule has 7 heteroatoms. The van der Waals surface area contributed by atoms with Gasteiger partial charge in [-0.3, -0.25) is 0 Å². The molecule has 1 aliphatic carbocycles. The Bertz CT molecular complexity index is 817. The normalized spacial score (nSPS) is 13.3. The van der Waals surface area contributed by atoms with E-state index >= 15 is 0 Å². The number of thiocarbonyl (C=S) groups is 1. The number of ether oxygens (including phenoxy) is 2. The van der Waals surface area contributed by atoms with E-state index in [1.54, 1.807) is 18.4 Å². The Kier molecular flexibility index (Phi) is 6.11. The van der Waals surface area contributed by atoms with E-state index in [4.69, 9.17) is 21.7 Å². The molecule has 1 heterocycles. The van der Waals surface area contributed by atoms with E-state index < -0.39 is 0 Å². The third-order valence-electron chi connectivity index (χ3n) is 4.37. The van der Waals surface area contributed by atoms with E-state index in [0.29, 0.717) is 10.7 Å². The van der Waals surface area contributed by atoms with Gasteiger partial charge in [0.25, 0.3) is 0 Å². The van der Waals surface area contributed by atoms with Gasteiger partial charge in [-0.05, 0) is 55.6 Å². The van der Waals surface area contributed by atoms with Crippen LogP contribution in [0.3, 0.4) is 0 Å². The van der Waals surface area contributed by atoms with Crippen LogP contribution in [0.2, 0.25) is 0 Å². The zero-order valence-corrected chi connectivity index (χ0v) is 16.5. The van der Waals surface area contributed by atoms with Crippen molar-refractivity contribution in [3.8, 4) is 5.75 Å². The van der Waals surface area contributed by atoms with Crippen LogP contribution >= 0.6 is 23.6 Å². The van der Waals surface area contributed by atoms with Crippen molar-refractivity contribution < 1.29 is 14.3 Å². The lowest BCUT2D eigenvalue weighted by atomic mass is 10.1. The highest BCUT2D eigenvalue weighted by molar-refractivity contribution is 7.80. The van der Waals surface area contributed by atoms with Crippen LogP contribution in [-0.4, -0.2) is 25.3 Å². The fourth-order valence-corrected chi connectivity index (χ4v) is 4.68. The zero-order chi connectivity index (χ0) is 18.5. The number of hydrogen-bond acceptors (Lipinski definition) is 5. The lowest BCUT2D eigenvalue weighted by Crippen LogP contribution is -2.20. The third-order valence-corrected chi connectivity index (χ3v) is 5.78. The minimum absolute atomic E-state index is 0.309. The summed E-state index contributed by atoms with van der Waals surface area (Å²) in [7, 11) is 3.04. The molecule has 138 valence electrons. The Balaban J connectivity index is 1.82. The highest BCUT2D eigenvalue weighted by Gasteiger charge is 2.25.